The van der Waals surface area contributed by atoms with E-state index in [0.29, 0.717) is 0 Å². The number of benzene rings is 3. The summed E-state index contributed by atoms with van der Waals surface area (Å²) < 4.78 is 2.44. The van der Waals surface area contributed by atoms with Gasteiger partial charge in [-0.25, -0.2) is 0 Å². The number of rotatable bonds is 4. The van der Waals surface area contributed by atoms with Crippen LogP contribution in [0.4, 0.5) is 0 Å². The molecular weight excluding hydrogens is 278 g/mol. The van der Waals surface area contributed by atoms with Crippen LogP contribution in [0.15, 0.2) is 79.4 Å². The van der Waals surface area contributed by atoms with Gasteiger partial charge in [-0.15, -0.1) is 0 Å². The third-order valence-electron chi connectivity index (χ3n) is 4.49. The van der Waals surface area contributed by atoms with Crippen LogP contribution >= 0.6 is 0 Å². The molecule has 0 N–H and O–H groups in total. The van der Waals surface area contributed by atoms with Crippen molar-refractivity contribution in [3.63, 3.8) is 0 Å². The zero-order valence-electron chi connectivity index (χ0n) is 13.1. The van der Waals surface area contributed by atoms with Crippen molar-refractivity contribution < 1.29 is 0 Å². The number of aryl methyl sites for hydroxylation is 2. The fraction of sp³-hybridized carbons (Fsp3) is 0.0909. The van der Waals surface area contributed by atoms with Crippen LogP contribution in [-0.4, -0.2) is 4.57 Å². The largest absolute Gasteiger partial charge is 0.340 e. The summed E-state index contributed by atoms with van der Waals surface area (Å²) in [5.41, 5.74) is 5.16. The summed E-state index contributed by atoms with van der Waals surface area (Å²) in [6, 6.07) is 26.0. The lowest BCUT2D eigenvalue weighted by Gasteiger charge is -2.08. The summed E-state index contributed by atoms with van der Waals surface area (Å²) in [5, 5.41) is 2.67. The van der Waals surface area contributed by atoms with Gasteiger partial charge in [0, 0.05) is 28.4 Å². The maximum atomic E-state index is 3.86. The van der Waals surface area contributed by atoms with Crippen molar-refractivity contribution >= 4 is 27.9 Å². The van der Waals surface area contributed by atoms with Gasteiger partial charge in [0.25, 0.3) is 0 Å². The highest BCUT2D eigenvalue weighted by Gasteiger charge is 2.09. The number of fused-ring (bicyclic) bond motifs is 3. The molecule has 0 atom stereocenters. The smallest absolute Gasteiger partial charge is 0.0491 e. The van der Waals surface area contributed by atoms with Crippen LogP contribution in [0, 0.1) is 0 Å². The Morgan fingerprint density at radius 1 is 0.783 bits per heavy atom. The Bertz CT molecular complexity index is 938. The van der Waals surface area contributed by atoms with E-state index in [-0.39, 0.29) is 0 Å². The average Bonchev–Trinajstić information content (AvgIpc) is 2.94. The lowest BCUT2D eigenvalue weighted by Crippen LogP contribution is -2.01. The predicted octanol–water partition coefficient (Wildman–Crippen LogP) is 5.68. The summed E-state index contributed by atoms with van der Waals surface area (Å²) >= 11 is 0. The van der Waals surface area contributed by atoms with E-state index in [0.717, 1.165) is 13.0 Å². The molecular formula is C22H19N. The molecule has 1 heterocycles. The molecule has 0 bridgehead atoms. The van der Waals surface area contributed by atoms with E-state index >= 15 is 0 Å². The zero-order chi connectivity index (χ0) is 15.6. The normalized spacial score (nSPS) is 11.1. The van der Waals surface area contributed by atoms with Crippen molar-refractivity contribution in [2.45, 2.75) is 13.0 Å². The van der Waals surface area contributed by atoms with Gasteiger partial charge < -0.3 is 4.57 Å². The average molecular weight is 297 g/mol. The van der Waals surface area contributed by atoms with Crippen molar-refractivity contribution in [3.8, 4) is 0 Å². The third-order valence-corrected chi connectivity index (χ3v) is 4.49. The van der Waals surface area contributed by atoms with Crippen LogP contribution in [0.2, 0.25) is 0 Å². The second-order valence-corrected chi connectivity index (χ2v) is 5.89. The van der Waals surface area contributed by atoms with Crippen LogP contribution in [0.5, 0.6) is 0 Å². The minimum Gasteiger partial charge on any atom is -0.340 e. The minimum atomic E-state index is 0.981. The van der Waals surface area contributed by atoms with E-state index in [9.17, 15) is 0 Å². The van der Waals surface area contributed by atoms with E-state index in [1.54, 1.807) is 0 Å². The molecule has 0 unspecified atom stereocenters. The Kier molecular flexibility index (Phi) is 3.47. The van der Waals surface area contributed by atoms with E-state index in [4.69, 9.17) is 0 Å². The predicted molar refractivity (Wildman–Crippen MR) is 99.7 cm³/mol. The summed E-state index contributed by atoms with van der Waals surface area (Å²) in [5.74, 6) is 0. The summed E-state index contributed by atoms with van der Waals surface area (Å²) in [6.45, 7) is 4.84. The lowest BCUT2D eigenvalue weighted by molar-refractivity contribution is 0.745. The second kappa shape index (κ2) is 5.77. The van der Waals surface area contributed by atoms with Gasteiger partial charge in [0.2, 0.25) is 0 Å². The fourth-order valence-electron chi connectivity index (χ4n) is 3.36. The molecule has 3 aromatic carbocycles. The maximum Gasteiger partial charge on any atom is 0.0491 e. The molecule has 112 valence electrons. The molecule has 0 aliphatic carbocycles. The zero-order valence-corrected chi connectivity index (χ0v) is 13.1. The summed E-state index contributed by atoms with van der Waals surface area (Å²) in [4.78, 5) is 0. The van der Waals surface area contributed by atoms with Crippen LogP contribution in [0.25, 0.3) is 27.9 Å². The third kappa shape index (κ3) is 2.44. The Morgan fingerprint density at radius 2 is 1.43 bits per heavy atom. The minimum absolute atomic E-state index is 0.981. The van der Waals surface area contributed by atoms with Gasteiger partial charge in [0.15, 0.2) is 0 Å². The van der Waals surface area contributed by atoms with Gasteiger partial charge in [-0.1, -0.05) is 73.3 Å². The molecule has 0 fully saturated rings. The van der Waals surface area contributed by atoms with Crippen LogP contribution in [-0.2, 0) is 13.0 Å². The monoisotopic (exact) mass is 297 g/mol. The molecule has 0 spiro atoms. The molecule has 0 aliphatic rings. The number of aromatic nitrogens is 1. The van der Waals surface area contributed by atoms with E-state index < -0.39 is 0 Å². The number of hydrogen-bond acceptors (Lipinski definition) is 0. The van der Waals surface area contributed by atoms with E-state index in [1.165, 1.54) is 32.9 Å². The van der Waals surface area contributed by atoms with E-state index in [2.05, 4.69) is 83.9 Å². The molecule has 0 saturated heterocycles. The first-order chi connectivity index (χ1) is 11.4. The number of nitrogens with zero attached hydrogens (tertiary/aromatic N) is 1. The van der Waals surface area contributed by atoms with Crippen molar-refractivity contribution in [3.05, 3.63) is 90.5 Å². The molecule has 1 aromatic heterocycles. The van der Waals surface area contributed by atoms with Gasteiger partial charge in [-0.05, 0) is 29.7 Å². The van der Waals surface area contributed by atoms with Gasteiger partial charge in [-0.3, -0.25) is 0 Å². The highest BCUT2D eigenvalue weighted by molar-refractivity contribution is 6.07. The molecule has 0 amide bonds. The van der Waals surface area contributed by atoms with E-state index in [1.807, 2.05) is 6.08 Å². The fourth-order valence-corrected chi connectivity index (χ4v) is 3.36. The van der Waals surface area contributed by atoms with Crippen molar-refractivity contribution in [2.75, 3.05) is 0 Å². The molecule has 0 aliphatic heterocycles. The molecule has 4 aromatic rings. The van der Waals surface area contributed by atoms with Crippen molar-refractivity contribution in [1.82, 2.24) is 4.57 Å². The molecule has 4 rings (SSSR count). The van der Waals surface area contributed by atoms with Gasteiger partial charge >= 0.3 is 0 Å². The van der Waals surface area contributed by atoms with Crippen LogP contribution in [0.3, 0.4) is 0 Å². The Labute approximate surface area is 136 Å². The van der Waals surface area contributed by atoms with Crippen molar-refractivity contribution in [1.29, 1.82) is 0 Å². The molecule has 0 saturated carbocycles. The molecule has 1 nitrogen and oxygen atoms in total. The first kappa shape index (κ1) is 13.8. The topological polar surface area (TPSA) is 4.93 Å². The molecule has 0 radical (unpaired) electrons. The SMILES string of the molecule is C=Cc1cccc(CCn2c3ccccc3c3ccccc32)c1. The molecule has 23 heavy (non-hydrogen) atoms. The number of hydrogen-bond donors (Lipinski definition) is 0. The Balaban J connectivity index is 1.76. The highest BCUT2D eigenvalue weighted by Crippen LogP contribution is 2.28. The van der Waals surface area contributed by atoms with Gasteiger partial charge in [-0.2, -0.15) is 0 Å². The van der Waals surface area contributed by atoms with Crippen LogP contribution in [0.1, 0.15) is 11.1 Å². The Morgan fingerprint density at radius 3 is 2.09 bits per heavy atom. The highest BCUT2D eigenvalue weighted by atomic mass is 15.0. The van der Waals surface area contributed by atoms with Crippen LogP contribution < -0.4 is 0 Å². The quantitative estimate of drug-likeness (QED) is 0.456. The molecule has 1 heteroatoms. The standard InChI is InChI=1S/C22H19N/c1-2-17-8-7-9-18(16-17)14-15-23-21-12-5-3-10-19(21)20-11-4-6-13-22(20)23/h2-13,16H,1,14-15H2. The first-order valence-corrected chi connectivity index (χ1v) is 8.04. The Hall–Kier alpha value is -2.80. The second-order valence-electron chi connectivity index (χ2n) is 5.89. The lowest BCUT2D eigenvalue weighted by atomic mass is 10.1. The maximum absolute atomic E-state index is 3.86. The first-order valence-electron chi connectivity index (χ1n) is 8.04. The number of para-hydroxylation sites is 2. The van der Waals surface area contributed by atoms with Gasteiger partial charge in [0.1, 0.15) is 0 Å². The van der Waals surface area contributed by atoms with Crippen molar-refractivity contribution in [2.24, 2.45) is 0 Å². The van der Waals surface area contributed by atoms with Gasteiger partial charge in [0.05, 0.1) is 0 Å². The summed E-state index contributed by atoms with van der Waals surface area (Å²) in [6.07, 6.45) is 2.92. The summed E-state index contributed by atoms with van der Waals surface area (Å²) in [7, 11) is 0.